The van der Waals surface area contributed by atoms with Crippen molar-refractivity contribution in [3.8, 4) is 0 Å². The highest BCUT2D eigenvalue weighted by Gasteiger charge is 2.19. The third-order valence-corrected chi connectivity index (χ3v) is 3.19. The van der Waals surface area contributed by atoms with Crippen LogP contribution in [0.2, 0.25) is 13.1 Å². The molecule has 0 bridgehead atoms. The van der Waals surface area contributed by atoms with Crippen LogP contribution >= 0.6 is 0 Å². The molecule has 2 atom stereocenters. The third kappa shape index (κ3) is 4.08. The quantitative estimate of drug-likeness (QED) is 0.708. The molecule has 16 heavy (non-hydrogen) atoms. The molecule has 1 aromatic carbocycles. The lowest BCUT2D eigenvalue weighted by molar-refractivity contribution is -0.0353. The first-order valence-electron chi connectivity index (χ1n) is 5.63. The maximum atomic E-state index is 5.83. The van der Waals surface area contributed by atoms with Crippen molar-refractivity contribution in [1.82, 2.24) is 0 Å². The zero-order valence-electron chi connectivity index (χ0n) is 10.6. The van der Waals surface area contributed by atoms with Gasteiger partial charge in [-0.15, -0.1) is 0 Å². The average Bonchev–Trinajstić information content (AvgIpc) is 2.29. The van der Waals surface area contributed by atoms with E-state index in [0.29, 0.717) is 0 Å². The van der Waals surface area contributed by atoms with Crippen molar-refractivity contribution >= 4 is 8.80 Å². The van der Waals surface area contributed by atoms with Gasteiger partial charge in [0.25, 0.3) is 0 Å². The molecule has 1 aromatic rings. The van der Waals surface area contributed by atoms with Crippen molar-refractivity contribution in [2.45, 2.75) is 32.2 Å². The molecular weight excluding hydrogens is 216 g/mol. The molecule has 0 saturated carbocycles. The Balaban J connectivity index is 2.60. The summed E-state index contributed by atoms with van der Waals surface area (Å²) < 4.78 is 11.3. The van der Waals surface area contributed by atoms with E-state index in [0.717, 1.165) is 6.23 Å². The molecule has 0 unspecified atom stereocenters. The van der Waals surface area contributed by atoms with Crippen LogP contribution in [0.15, 0.2) is 30.3 Å². The molecule has 0 aliphatic heterocycles. The molecule has 89 valence electrons. The van der Waals surface area contributed by atoms with Crippen LogP contribution in [-0.4, -0.2) is 28.2 Å². The molecular formula is C13H21O2Si. The molecule has 0 heterocycles. The van der Waals surface area contributed by atoms with Gasteiger partial charge in [-0.1, -0.05) is 43.4 Å². The Kier molecular flexibility index (Phi) is 5.73. The molecule has 3 heteroatoms. The van der Waals surface area contributed by atoms with E-state index in [4.69, 9.17) is 9.47 Å². The first-order valence-corrected chi connectivity index (χ1v) is 8.34. The summed E-state index contributed by atoms with van der Waals surface area (Å²) in [5, 5.41) is 0. The van der Waals surface area contributed by atoms with Crippen LogP contribution in [0.4, 0.5) is 0 Å². The van der Waals surface area contributed by atoms with E-state index in [2.05, 4.69) is 32.2 Å². The first kappa shape index (κ1) is 13.4. The fourth-order valence-electron chi connectivity index (χ4n) is 1.63. The van der Waals surface area contributed by atoms with Gasteiger partial charge in [0.05, 0.1) is 14.9 Å². The number of benzene rings is 1. The Labute approximate surface area is 100 Å². The third-order valence-electron chi connectivity index (χ3n) is 2.44. The number of methoxy groups -OCH3 is 1. The second kappa shape index (κ2) is 6.84. The van der Waals surface area contributed by atoms with E-state index < -0.39 is 0 Å². The minimum Gasteiger partial charge on any atom is -0.379 e. The maximum absolute atomic E-state index is 5.83. The zero-order valence-corrected chi connectivity index (χ0v) is 11.6. The smallest absolute Gasteiger partial charge is 0.108 e. The minimum absolute atomic E-state index is 0.0301. The molecule has 1 rings (SSSR count). The van der Waals surface area contributed by atoms with Gasteiger partial charge in [0, 0.05) is 13.3 Å². The lowest BCUT2D eigenvalue weighted by Gasteiger charge is -2.24. The predicted octanol–water partition coefficient (Wildman–Crippen LogP) is 3.07. The molecule has 0 aliphatic rings. The number of rotatable bonds is 6. The van der Waals surface area contributed by atoms with Gasteiger partial charge in [0.15, 0.2) is 0 Å². The molecule has 0 spiro atoms. The van der Waals surface area contributed by atoms with Gasteiger partial charge in [-0.05, 0) is 12.5 Å². The summed E-state index contributed by atoms with van der Waals surface area (Å²) in [6, 6.07) is 10.2. The van der Waals surface area contributed by atoms with Crippen molar-refractivity contribution in [3.63, 3.8) is 0 Å². The normalized spacial score (nSPS) is 15.1. The average molecular weight is 237 g/mol. The van der Waals surface area contributed by atoms with Gasteiger partial charge >= 0.3 is 0 Å². The van der Waals surface area contributed by atoms with Crippen molar-refractivity contribution in [3.05, 3.63) is 35.9 Å². The highest BCUT2D eigenvalue weighted by molar-refractivity contribution is 6.55. The molecule has 0 saturated heterocycles. The summed E-state index contributed by atoms with van der Waals surface area (Å²) in [5.74, 6) is 0. The molecule has 2 nitrogen and oxygen atoms in total. The number of ether oxygens (including phenoxy) is 2. The Bertz CT molecular complexity index is 287. The summed E-state index contributed by atoms with van der Waals surface area (Å²) in [6.45, 7) is 6.58. The van der Waals surface area contributed by atoms with E-state index >= 15 is 0 Å². The molecule has 0 N–H and O–H groups in total. The zero-order chi connectivity index (χ0) is 12.0. The van der Waals surface area contributed by atoms with E-state index in [1.807, 2.05) is 18.2 Å². The van der Waals surface area contributed by atoms with Crippen LogP contribution in [0, 0.1) is 0 Å². The van der Waals surface area contributed by atoms with Crippen LogP contribution in [0.1, 0.15) is 18.6 Å². The van der Waals surface area contributed by atoms with Crippen LogP contribution in [0.25, 0.3) is 0 Å². The molecule has 0 fully saturated rings. The number of hydrogen-bond acceptors (Lipinski definition) is 2. The van der Waals surface area contributed by atoms with Crippen LogP contribution in [-0.2, 0) is 9.47 Å². The van der Waals surface area contributed by atoms with Crippen LogP contribution in [0.5, 0.6) is 0 Å². The topological polar surface area (TPSA) is 18.5 Å². The van der Waals surface area contributed by atoms with E-state index in [-0.39, 0.29) is 21.0 Å². The molecule has 0 aliphatic carbocycles. The Hall–Kier alpha value is -0.643. The summed E-state index contributed by atoms with van der Waals surface area (Å²) in [6.07, 6.45) is 1.01. The van der Waals surface area contributed by atoms with Crippen molar-refractivity contribution < 1.29 is 9.47 Å². The summed E-state index contributed by atoms with van der Waals surface area (Å²) in [5.41, 5.74) is 1.18. The maximum Gasteiger partial charge on any atom is 0.108 e. The Morgan fingerprint density at radius 2 is 1.81 bits per heavy atom. The minimum atomic E-state index is -0.330. The molecule has 1 radical (unpaired) electrons. The van der Waals surface area contributed by atoms with Gasteiger partial charge in [-0.3, -0.25) is 0 Å². The largest absolute Gasteiger partial charge is 0.379 e. The van der Waals surface area contributed by atoms with Crippen molar-refractivity contribution in [2.24, 2.45) is 0 Å². The van der Waals surface area contributed by atoms with E-state index in [1.165, 1.54) is 5.56 Å². The summed E-state index contributed by atoms with van der Waals surface area (Å²) in [4.78, 5) is 0. The van der Waals surface area contributed by atoms with Crippen LogP contribution in [0.3, 0.4) is 0 Å². The van der Waals surface area contributed by atoms with E-state index in [9.17, 15) is 0 Å². The fourth-order valence-corrected chi connectivity index (χ4v) is 2.22. The van der Waals surface area contributed by atoms with Gasteiger partial charge < -0.3 is 9.47 Å². The highest BCUT2D eigenvalue weighted by atomic mass is 28.3. The number of hydrogen-bond donors (Lipinski definition) is 0. The highest BCUT2D eigenvalue weighted by Crippen LogP contribution is 2.22. The van der Waals surface area contributed by atoms with Gasteiger partial charge in [0.2, 0.25) is 0 Å². The summed E-state index contributed by atoms with van der Waals surface area (Å²) in [7, 11) is 1.41. The van der Waals surface area contributed by atoms with Gasteiger partial charge in [-0.2, -0.15) is 0 Å². The fraction of sp³-hybridized carbons (Fsp3) is 0.538. The van der Waals surface area contributed by atoms with Gasteiger partial charge in [-0.25, -0.2) is 0 Å². The monoisotopic (exact) mass is 237 g/mol. The van der Waals surface area contributed by atoms with Crippen molar-refractivity contribution in [1.29, 1.82) is 0 Å². The van der Waals surface area contributed by atoms with E-state index in [1.54, 1.807) is 7.11 Å². The van der Waals surface area contributed by atoms with Crippen molar-refractivity contribution in [2.75, 3.05) is 13.3 Å². The lowest BCUT2D eigenvalue weighted by atomic mass is 10.1. The van der Waals surface area contributed by atoms with Gasteiger partial charge in [0.1, 0.15) is 6.10 Å². The standard InChI is InChI=1S/C13H21O2Si/c1-11(15-10-16(3)4)13(14-2)12-8-6-5-7-9-12/h5-9,11,13H,10H2,1-4H3/t11-,13+/m0/s1. The Morgan fingerprint density at radius 3 is 2.31 bits per heavy atom. The first-order chi connectivity index (χ1) is 7.65. The predicted molar refractivity (Wildman–Crippen MR) is 69.1 cm³/mol. The SMILES string of the molecule is CO[C@@H](c1ccccc1)[C@H](C)OC[Si](C)C. The summed E-state index contributed by atoms with van der Waals surface area (Å²) >= 11 is 0. The van der Waals surface area contributed by atoms with Crippen LogP contribution < -0.4 is 0 Å². The second-order valence-corrected chi connectivity index (χ2v) is 6.99. The molecule has 0 amide bonds. The Morgan fingerprint density at radius 1 is 1.19 bits per heavy atom. The second-order valence-electron chi connectivity index (χ2n) is 4.29. The molecule has 0 aromatic heterocycles. The lowest BCUT2D eigenvalue weighted by Crippen LogP contribution is -2.25.